The van der Waals surface area contributed by atoms with E-state index in [-0.39, 0.29) is 25.2 Å². The molecule has 0 saturated heterocycles. The molecule has 0 amide bonds. The Kier molecular flexibility index (Phi) is 38.8. The quantitative estimate of drug-likeness (QED) is 0.0510. The molecule has 2 atom stereocenters. The maximum absolute atomic E-state index is 12.2. The molecule has 1 N–H and O–H groups in total. The summed E-state index contributed by atoms with van der Waals surface area (Å²) < 4.78 is 10.6. The second-order valence-electron chi connectivity index (χ2n) is 15.4. The molecular formula is C44H86O5. The molecule has 0 aromatic heterocycles. The van der Waals surface area contributed by atoms with Crippen LogP contribution in [0.25, 0.3) is 0 Å². The van der Waals surface area contributed by atoms with Gasteiger partial charge in [-0.15, -0.1) is 0 Å². The molecule has 0 heterocycles. The van der Waals surface area contributed by atoms with Gasteiger partial charge >= 0.3 is 11.9 Å². The van der Waals surface area contributed by atoms with Crippen LogP contribution in [-0.2, 0) is 19.1 Å². The standard InChI is InChI=1S/C44H86O5/c1-4-6-7-8-9-10-11-12-13-14-15-19-22-25-28-31-34-37-43(46)48-40-42(39-45)49-44(47)38-35-32-29-26-23-20-17-16-18-21-24-27-30-33-36-41(3)5-2/h41-42,45H,4-40H2,1-3H3/t41?,42-/m0/s1. The third-order valence-electron chi connectivity index (χ3n) is 10.4. The molecule has 49 heavy (non-hydrogen) atoms. The van der Waals surface area contributed by atoms with Crippen molar-refractivity contribution < 1.29 is 24.2 Å². The Morgan fingerprint density at radius 2 is 0.796 bits per heavy atom. The first-order valence-electron chi connectivity index (χ1n) is 22.0. The van der Waals surface area contributed by atoms with E-state index in [0.29, 0.717) is 12.8 Å². The molecule has 0 aromatic rings. The zero-order valence-electron chi connectivity index (χ0n) is 33.4. The number of esters is 2. The van der Waals surface area contributed by atoms with E-state index < -0.39 is 6.10 Å². The molecule has 5 heteroatoms. The minimum absolute atomic E-state index is 0.0571. The highest BCUT2D eigenvalue weighted by Gasteiger charge is 2.16. The van der Waals surface area contributed by atoms with Gasteiger partial charge in [-0.1, -0.05) is 220 Å². The highest BCUT2D eigenvalue weighted by Crippen LogP contribution is 2.17. The smallest absolute Gasteiger partial charge is 0.306 e. The van der Waals surface area contributed by atoms with Crippen LogP contribution < -0.4 is 0 Å². The van der Waals surface area contributed by atoms with E-state index in [1.54, 1.807) is 0 Å². The van der Waals surface area contributed by atoms with E-state index in [1.165, 1.54) is 180 Å². The molecule has 1 unspecified atom stereocenters. The average Bonchev–Trinajstić information content (AvgIpc) is 3.10. The van der Waals surface area contributed by atoms with Gasteiger partial charge in [-0.05, 0) is 18.8 Å². The van der Waals surface area contributed by atoms with E-state index in [1.807, 2.05) is 0 Å². The number of ether oxygens (including phenoxy) is 2. The molecule has 0 fully saturated rings. The van der Waals surface area contributed by atoms with Gasteiger partial charge in [0, 0.05) is 12.8 Å². The average molecular weight is 695 g/mol. The Bertz CT molecular complexity index is 680. The van der Waals surface area contributed by atoms with Crippen LogP contribution in [0.5, 0.6) is 0 Å². The van der Waals surface area contributed by atoms with Gasteiger partial charge in [0.25, 0.3) is 0 Å². The van der Waals surface area contributed by atoms with E-state index in [4.69, 9.17) is 9.47 Å². The van der Waals surface area contributed by atoms with E-state index in [2.05, 4.69) is 20.8 Å². The first kappa shape index (κ1) is 47.9. The molecule has 0 aliphatic carbocycles. The summed E-state index contributed by atoms with van der Waals surface area (Å²) in [6.45, 7) is 6.57. The lowest BCUT2D eigenvalue weighted by Crippen LogP contribution is -2.28. The lowest BCUT2D eigenvalue weighted by atomic mass is 9.99. The molecule has 0 aromatic carbocycles. The van der Waals surface area contributed by atoms with Gasteiger partial charge in [-0.25, -0.2) is 0 Å². The lowest BCUT2D eigenvalue weighted by Gasteiger charge is -2.15. The zero-order valence-corrected chi connectivity index (χ0v) is 33.4. The van der Waals surface area contributed by atoms with Gasteiger partial charge in [0.2, 0.25) is 0 Å². The number of hydrogen-bond donors (Lipinski definition) is 1. The van der Waals surface area contributed by atoms with Crippen LogP contribution in [0.4, 0.5) is 0 Å². The Balaban J connectivity index is 3.47. The molecule has 0 aliphatic heterocycles. The summed E-state index contributed by atoms with van der Waals surface area (Å²) in [6, 6.07) is 0. The number of carbonyl (C=O) groups is 2. The van der Waals surface area contributed by atoms with Crippen molar-refractivity contribution in [2.45, 2.75) is 252 Å². The second-order valence-corrected chi connectivity index (χ2v) is 15.4. The zero-order chi connectivity index (χ0) is 35.9. The van der Waals surface area contributed by atoms with E-state index >= 15 is 0 Å². The molecule has 0 radical (unpaired) electrons. The Morgan fingerprint density at radius 3 is 1.14 bits per heavy atom. The summed E-state index contributed by atoms with van der Waals surface area (Å²) in [4.78, 5) is 24.3. The summed E-state index contributed by atoms with van der Waals surface area (Å²) in [5.41, 5.74) is 0. The molecule has 5 nitrogen and oxygen atoms in total. The monoisotopic (exact) mass is 695 g/mol. The normalized spacial score (nSPS) is 12.7. The number of aliphatic hydroxyl groups is 1. The van der Waals surface area contributed by atoms with Gasteiger partial charge in [0.1, 0.15) is 6.61 Å². The van der Waals surface area contributed by atoms with Crippen molar-refractivity contribution in [2.24, 2.45) is 5.92 Å². The van der Waals surface area contributed by atoms with Crippen LogP contribution in [0.3, 0.4) is 0 Å². The van der Waals surface area contributed by atoms with Gasteiger partial charge in [-0.3, -0.25) is 9.59 Å². The largest absolute Gasteiger partial charge is 0.462 e. The molecule has 292 valence electrons. The van der Waals surface area contributed by atoms with Crippen LogP contribution in [0.15, 0.2) is 0 Å². The topological polar surface area (TPSA) is 72.8 Å². The molecule has 0 bridgehead atoms. The van der Waals surface area contributed by atoms with E-state index in [0.717, 1.165) is 38.0 Å². The van der Waals surface area contributed by atoms with Crippen molar-refractivity contribution in [3.8, 4) is 0 Å². The van der Waals surface area contributed by atoms with Gasteiger partial charge in [-0.2, -0.15) is 0 Å². The van der Waals surface area contributed by atoms with Crippen molar-refractivity contribution in [1.82, 2.24) is 0 Å². The predicted molar refractivity (Wildman–Crippen MR) is 210 cm³/mol. The van der Waals surface area contributed by atoms with Crippen molar-refractivity contribution >= 4 is 11.9 Å². The SMILES string of the molecule is CCCCCCCCCCCCCCCCCCCC(=O)OC[C@H](CO)OC(=O)CCCCCCCCCCCCCCCCC(C)CC. The van der Waals surface area contributed by atoms with Crippen molar-refractivity contribution in [3.05, 3.63) is 0 Å². The van der Waals surface area contributed by atoms with Crippen LogP contribution >= 0.6 is 0 Å². The van der Waals surface area contributed by atoms with Gasteiger partial charge in [0.15, 0.2) is 6.10 Å². The summed E-state index contributed by atoms with van der Waals surface area (Å²) in [5, 5.41) is 9.58. The molecule has 0 saturated carbocycles. The van der Waals surface area contributed by atoms with Crippen LogP contribution in [-0.4, -0.2) is 36.4 Å². The number of aliphatic hydroxyl groups excluding tert-OH is 1. The van der Waals surface area contributed by atoms with Crippen LogP contribution in [0.2, 0.25) is 0 Å². The number of unbranched alkanes of at least 4 members (excludes halogenated alkanes) is 29. The third kappa shape index (κ3) is 38.0. The van der Waals surface area contributed by atoms with Gasteiger partial charge in [0.05, 0.1) is 6.61 Å². The minimum atomic E-state index is -0.762. The number of carbonyl (C=O) groups excluding carboxylic acids is 2. The van der Waals surface area contributed by atoms with Crippen molar-refractivity contribution in [1.29, 1.82) is 0 Å². The molecular weight excluding hydrogens is 608 g/mol. The highest BCUT2D eigenvalue weighted by molar-refractivity contribution is 5.70. The van der Waals surface area contributed by atoms with Gasteiger partial charge < -0.3 is 14.6 Å². The van der Waals surface area contributed by atoms with Crippen molar-refractivity contribution in [2.75, 3.05) is 13.2 Å². The fourth-order valence-corrected chi connectivity index (χ4v) is 6.71. The van der Waals surface area contributed by atoms with Crippen LogP contribution in [0.1, 0.15) is 245 Å². The maximum atomic E-state index is 12.2. The Hall–Kier alpha value is -1.10. The molecule has 0 spiro atoms. The summed E-state index contributed by atoms with van der Waals surface area (Å²) in [5.74, 6) is 0.329. The first-order chi connectivity index (χ1) is 24.0. The maximum Gasteiger partial charge on any atom is 0.306 e. The number of hydrogen-bond acceptors (Lipinski definition) is 5. The predicted octanol–water partition coefficient (Wildman–Crippen LogP) is 13.8. The second kappa shape index (κ2) is 39.7. The lowest BCUT2D eigenvalue weighted by molar-refractivity contribution is -0.161. The number of rotatable bonds is 40. The Labute approximate surface area is 306 Å². The Morgan fingerprint density at radius 1 is 0.469 bits per heavy atom. The fourth-order valence-electron chi connectivity index (χ4n) is 6.71. The first-order valence-corrected chi connectivity index (χ1v) is 22.0. The highest BCUT2D eigenvalue weighted by atomic mass is 16.6. The summed E-state index contributed by atoms with van der Waals surface area (Å²) in [6.07, 6.45) is 43.1. The molecule has 0 rings (SSSR count). The van der Waals surface area contributed by atoms with Crippen LogP contribution in [0, 0.1) is 5.92 Å². The summed E-state index contributed by atoms with van der Waals surface area (Å²) >= 11 is 0. The minimum Gasteiger partial charge on any atom is -0.462 e. The van der Waals surface area contributed by atoms with E-state index in [9.17, 15) is 14.7 Å². The van der Waals surface area contributed by atoms with Crippen molar-refractivity contribution in [3.63, 3.8) is 0 Å². The molecule has 0 aliphatic rings. The third-order valence-corrected chi connectivity index (χ3v) is 10.4. The fraction of sp³-hybridized carbons (Fsp3) is 0.955. The summed E-state index contributed by atoms with van der Waals surface area (Å²) in [7, 11) is 0.